The summed E-state index contributed by atoms with van der Waals surface area (Å²) in [6.45, 7) is 3.15. The number of amides is 1. The van der Waals surface area contributed by atoms with Crippen molar-refractivity contribution in [1.82, 2.24) is 15.6 Å². The Bertz CT molecular complexity index is 726. The third kappa shape index (κ3) is 6.16. The molecule has 1 aromatic carbocycles. The van der Waals surface area contributed by atoms with Gasteiger partial charge in [-0.2, -0.15) is 4.98 Å². The highest BCUT2D eigenvalue weighted by atomic mass is 35.5. The van der Waals surface area contributed by atoms with Gasteiger partial charge >= 0.3 is 0 Å². The number of carbonyl (C=O) groups is 1. The van der Waals surface area contributed by atoms with E-state index in [0.717, 1.165) is 49.3 Å². The average molecular weight is 419 g/mol. The van der Waals surface area contributed by atoms with Crippen LogP contribution in [0, 0.1) is 5.92 Å². The number of oxazole rings is 1. The Balaban J connectivity index is 0.00000182. The van der Waals surface area contributed by atoms with Gasteiger partial charge in [0, 0.05) is 38.7 Å². The van der Waals surface area contributed by atoms with Crippen LogP contribution in [-0.2, 0) is 4.79 Å². The second-order valence-corrected chi connectivity index (χ2v) is 6.44. The topological polar surface area (TPSA) is 79.6 Å². The molecular weight excluding hydrogens is 391 g/mol. The molecule has 2 aromatic rings. The van der Waals surface area contributed by atoms with Gasteiger partial charge in [0.25, 0.3) is 6.01 Å². The number of benzene rings is 1. The van der Waals surface area contributed by atoms with E-state index in [4.69, 9.17) is 9.15 Å². The number of anilines is 1. The zero-order valence-corrected chi connectivity index (χ0v) is 17.3. The average Bonchev–Trinajstić information content (AvgIpc) is 3.05. The predicted molar refractivity (Wildman–Crippen MR) is 112 cm³/mol. The van der Waals surface area contributed by atoms with Gasteiger partial charge in [-0.1, -0.05) is 0 Å². The molecule has 7 nitrogen and oxygen atoms in total. The van der Waals surface area contributed by atoms with Crippen LogP contribution in [0.15, 0.2) is 22.6 Å². The summed E-state index contributed by atoms with van der Waals surface area (Å²) in [6.07, 6.45) is 2.65. The first-order chi connectivity index (χ1) is 12.2. The standard InChI is InChI=1S/C18H26N4O3.2ClH/c1-19-7-8-20-17(23)10-13-4-3-9-22(12-13)18-21-15-11-14(24-2)5-6-16(15)25-18;;/h5-6,11,13,19H,3-4,7-10,12H2,1-2H3,(H,20,23);2*1H. The number of hydrogen-bond donors (Lipinski definition) is 2. The molecule has 1 fully saturated rings. The van der Waals surface area contributed by atoms with Crippen molar-refractivity contribution in [2.75, 3.05) is 45.2 Å². The van der Waals surface area contributed by atoms with Gasteiger partial charge in [0.1, 0.15) is 11.3 Å². The molecule has 2 N–H and O–H groups in total. The molecule has 1 unspecified atom stereocenters. The molecule has 152 valence electrons. The summed E-state index contributed by atoms with van der Waals surface area (Å²) in [6, 6.07) is 6.25. The third-order valence-electron chi connectivity index (χ3n) is 4.54. The van der Waals surface area contributed by atoms with Gasteiger partial charge in [0.05, 0.1) is 7.11 Å². The molecule has 1 saturated heterocycles. The molecule has 1 aliphatic heterocycles. The number of aromatic nitrogens is 1. The fourth-order valence-electron chi connectivity index (χ4n) is 3.22. The van der Waals surface area contributed by atoms with Crippen molar-refractivity contribution < 1.29 is 13.9 Å². The summed E-state index contributed by atoms with van der Waals surface area (Å²) in [7, 11) is 3.51. The quantitative estimate of drug-likeness (QED) is 0.672. The maximum atomic E-state index is 12.0. The van der Waals surface area contributed by atoms with Gasteiger partial charge in [-0.25, -0.2) is 0 Å². The number of nitrogens with zero attached hydrogens (tertiary/aromatic N) is 2. The van der Waals surface area contributed by atoms with E-state index in [0.29, 0.717) is 24.9 Å². The zero-order chi connectivity index (χ0) is 17.6. The monoisotopic (exact) mass is 418 g/mol. The van der Waals surface area contributed by atoms with Crippen LogP contribution in [0.25, 0.3) is 11.1 Å². The van der Waals surface area contributed by atoms with Crippen molar-refractivity contribution in [2.24, 2.45) is 5.92 Å². The zero-order valence-electron chi connectivity index (χ0n) is 15.7. The number of halogens is 2. The Morgan fingerprint density at radius 1 is 1.37 bits per heavy atom. The molecule has 1 amide bonds. The molecular formula is C18H28Cl2N4O3. The molecule has 1 aromatic heterocycles. The summed E-state index contributed by atoms with van der Waals surface area (Å²) in [5.41, 5.74) is 1.55. The number of rotatable bonds is 7. The summed E-state index contributed by atoms with van der Waals surface area (Å²) in [5, 5.41) is 5.97. The smallest absolute Gasteiger partial charge is 0.298 e. The van der Waals surface area contributed by atoms with E-state index in [2.05, 4.69) is 20.5 Å². The molecule has 0 radical (unpaired) electrons. The van der Waals surface area contributed by atoms with Gasteiger partial charge < -0.3 is 24.7 Å². The number of likely N-dealkylation sites (N-methyl/N-ethyl adjacent to an activating group) is 1. The fourth-order valence-corrected chi connectivity index (χ4v) is 3.22. The summed E-state index contributed by atoms with van der Waals surface area (Å²) >= 11 is 0. The number of methoxy groups -OCH3 is 1. The van der Waals surface area contributed by atoms with Crippen molar-refractivity contribution in [3.05, 3.63) is 18.2 Å². The normalized spacial score (nSPS) is 16.4. The van der Waals surface area contributed by atoms with E-state index in [9.17, 15) is 4.79 Å². The van der Waals surface area contributed by atoms with Crippen LogP contribution in [-0.4, -0.2) is 51.2 Å². The second-order valence-electron chi connectivity index (χ2n) is 6.44. The maximum absolute atomic E-state index is 12.0. The number of carbonyl (C=O) groups excluding carboxylic acids is 1. The van der Waals surface area contributed by atoms with E-state index in [-0.39, 0.29) is 30.7 Å². The highest BCUT2D eigenvalue weighted by Gasteiger charge is 2.25. The van der Waals surface area contributed by atoms with E-state index in [1.165, 1.54) is 0 Å². The van der Waals surface area contributed by atoms with E-state index in [1.54, 1.807) is 7.11 Å². The van der Waals surface area contributed by atoms with Crippen molar-refractivity contribution in [1.29, 1.82) is 0 Å². The predicted octanol–water partition coefficient (Wildman–Crippen LogP) is 2.62. The van der Waals surface area contributed by atoms with Gasteiger partial charge in [-0.05, 0) is 37.9 Å². The molecule has 9 heteroatoms. The molecule has 2 heterocycles. The van der Waals surface area contributed by atoms with Crippen LogP contribution in [0.1, 0.15) is 19.3 Å². The molecule has 1 atom stereocenters. The summed E-state index contributed by atoms with van der Waals surface area (Å²) in [5.74, 6) is 1.21. The SMILES string of the molecule is CNCCNC(=O)CC1CCCN(c2nc3cc(OC)ccc3o2)C1.Cl.Cl. The van der Waals surface area contributed by atoms with Crippen LogP contribution in [0.4, 0.5) is 6.01 Å². The summed E-state index contributed by atoms with van der Waals surface area (Å²) in [4.78, 5) is 18.8. The number of hydrogen-bond acceptors (Lipinski definition) is 6. The first kappa shape index (κ1) is 23.3. The summed E-state index contributed by atoms with van der Waals surface area (Å²) < 4.78 is 11.1. The van der Waals surface area contributed by atoms with E-state index < -0.39 is 0 Å². The lowest BCUT2D eigenvalue weighted by atomic mass is 9.95. The molecule has 1 aliphatic rings. The first-order valence-corrected chi connectivity index (χ1v) is 8.80. The number of fused-ring (bicyclic) bond motifs is 1. The van der Waals surface area contributed by atoms with Crippen LogP contribution >= 0.6 is 24.8 Å². The Morgan fingerprint density at radius 3 is 2.93 bits per heavy atom. The Kier molecular flexibility index (Phi) is 9.69. The van der Waals surface area contributed by atoms with Crippen molar-refractivity contribution in [3.8, 4) is 5.75 Å². The minimum atomic E-state index is 0. The van der Waals surface area contributed by atoms with Crippen molar-refractivity contribution in [2.45, 2.75) is 19.3 Å². The fraction of sp³-hybridized carbons (Fsp3) is 0.556. The Labute approximate surface area is 172 Å². The van der Waals surface area contributed by atoms with Crippen molar-refractivity contribution in [3.63, 3.8) is 0 Å². The van der Waals surface area contributed by atoms with E-state index >= 15 is 0 Å². The molecule has 3 rings (SSSR count). The van der Waals surface area contributed by atoms with Gasteiger partial charge in [0.2, 0.25) is 5.91 Å². The van der Waals surface area contributed by atoms with Crippen LogP contribution in [0.2, 0.25) is 0 Å². The number of ether oxygens (including phenoxy) is 1. The van der Waals surface area contributed by atoms with Crippen LogP contribution in [0.3, 0.4) is 0 Å². The second kappa shape index (κ2) is 11.2. The number of nitrogens with one attached hydrogen (secondary N) is 2. The molecule has 0 aliphatic carbocycles. The minimum absolute atomic E-state index is 0. The van der Waals surface area contributed by atoms with Gasteiger partial charge in [-0.3, -0.25) is 4.79 Å². The van der Waals surface area contributed by atoms with Gasteiger partial charge in [-0.15, -0.1) is 24.8 Å². The molecule has 0 spiro atoms. The highest BCUT2D eigenvalue weighted by Crippen LogP contribution is 2.29. The van der Waals surface area contributed by atoms with Gasteiger partial charge in [0.15, 0.2) is 5.58 Å². The first-order valence-electron chi connectivity index (χ1n) is 8.80. The van der Waals surface area contributed by atoms with Crippen LogP contribution in [0.5, 0.6) is 5.75 Å². The lowest BCUT2D eigenvalue weighted by Gasteiger charge is -2.31. The van der Waals surface area contributed by atoms with E-state index in [1.807, 2.05) is 25.2 Å². The Morgan fingerprint density at radius 2 is 2.19 bits per heavy atom. The third-order valence-corrected chi connectivity index (χ3v) is 4.54. The minimum Gasteiger partial charge on any atom is -0.497 e. The lowest BCUT2D eigenvalue weighted by molar-refractivity contribution is -0.122. The number of piperidine rings is 1. The molecule has 0 bridgehead atoms. The largest absolute Gasteiger partial charge is 0.497 e. The molecule has 0 saturated carbocycles. The molecule has 27 heavy (non-hydrogen) atoms. The highest BCUT2D eigenvalue weighted by molar-refractivity contribution is 5.85. The van der Waals surface area contributed by atoms with Crippen molar-refractivity contribution >= 4 is 47.8 Å². The maximum Gasteiger partial charge on any atom is 0.298 e. The lowest BCUT2D eigenvalue weighted by Crippen LogP contribution is -2.39. The Hall–Kier alpha value is -1.70. The van der Waals surface area contributed by atoms with Crippen LogP contribution < -0.4 is 20.3 Å².